The Morgan fingerprint density at radius 2 is 1.75 bits per heavy atom. The van der Waals surface area contributed by atoms with Crippen LogP contribution in [0, 0.1) is 22.6 Å². The summed E-state index contributed by atoms with van der Waals surface area (Å²) in [6, 6.07) is 8.81. The van der Waals surface area contributed by atoms with Crippen molar-refractivity contribution in [3.05, 3.63) is 76.9 Å². The zero-order valence-corrected chi connectivity index (χ0v) is 37.9. The predicted octanol–water partition coefficient (Wildman–Crippen LogP) is 3.68. The Balaban J connectivity index is 1.26. The summed E-state index contributed by atoms with van der Waals surface area (Å²) in [5.41, 5.74) is -6.35. The van der Waals surface area contributed by atoms with Gasteiger partial charge in [-0.05, 0) is 75.9 Å². The van der Waals surface area contributed by atoms with Crippen molar-refractivity contribution < 1.29 is 72.0 Å². The number of carbonyl (C=O) groups excluding carboxylic acids is 4. The number of fused-ring (bicyclic) bond motifs is 8. The second-order valence-corrected chi connectivity index (χ2v) is 20.2. The third kappa shape index (κ3) is 8.22. The van der Waals surface area contributed by atoms with Crippen molar-refractivity contribution in [2.45, 2.75) is 147 Å². The molecule has 12 atom stereocenters. The molecule has 4 N–H and O–H groups in total. The SMILES string of the molecule is CC(=O)O[C@@]12CO[C@@H]1CC[C@@]1(C)[C@@H]3O[C@H](CN4CC(O)C4)O[C@@H]3C3=C(C)[C@@H](OC(=O)[C@H](O)[C@@H](NC(=O)OC(C)(C)C)c4ncccc4F)C[C@@](O)([C@@H](OC(=O)c4ccccc4)[C@@H]12)C3(C)C. The van der Waals surface area contributed by atoms with Crippen molar-refractivity contribution in [2.24, 2.45) is 16.7 Å². The summed E-state index contributed by atoms with van der Waals surface area (Å²) < 4.78 is 59.9. The summed E-state index contributed by atoms with van der Waals surface area (Å²) in [5, 5.41) is 38.2. The van der Waals surface area contributed by atoms with Gasteiger partial charge in [0.05, 0.1) is 30.3 Å². The van der Waals surface area contributed by atoms with Crippen LogP contribution in [0.3, 0.4) is 0 Å². The Kier molecular flexibility index (Phi) is 12.2. The average Bonchev–Trinajstić information content (AvgIpc) is 3.62. The summed E-state index contributed by atoms with van der Waals surface area (Å²) in [4.78, 5) is 61.1. The number of β-amino-alcohol motifs (C(OH)–C–C–N with tert-alkyl or cyclic N) is 1. The third-order valence-electron chi connectivity index (χ3n) is 14.5. The molecule has 1 aromatic heterocycles. The minimum absolute atomic E-state index is 0.0802. The van der Waals surface area contributed by atoms with E-state index < -0.39 is 131 Å². The van der Waals surface area contributed by atoms with Crippen LogP contribution in [-0.2, 0) is 42.7 Å². The van der Waals surface area contributed by atoms with Gasteiger partial charge >= 0.3 is 24.0 Å². The molecule has 1 amide bonds. The quantitative estimate of drug-likeness (QED) is 0.152. The maximum atomic E-state index is 15.4. The molecule has 1 aromatic carbocycles. The highest BCUT2D eigenvalue weighted by atomic mass is 19.1. The van der Waals surface area contributed by atoms with Gasteiger partial charge in [-0.15, -0.1) is 0 Å². The number of aliphatic hydroxyl groups is 3. The van der Waals surface area contributed by atoms with Crippen molar-refractivity contribution in [2.75, 3.05) is 26.2 Å². The number of ether oxygens (including phenoxy) is 7. The van der Waals surface area contributed by atoms with Crippen molar-refractivity contribution in [1.29, 1.82) is 0 Å². The summed E-state index contributed by atoms with van der Waals surface area (Å²) in [6.45, 7) is 14.4. The number of likely N-dealkylation sites (tertiary alicyclic amines) is 1. The summed E-state index contributed by atoms with van der Waals surface area (Å²) in [5.74, 6) is -4.64. The second-order valence-electron chi connectivity index (χ2n) is 20.2. The number of nitrogens with zero attached hydrogens (tertiary/aromatic N) is 2. The molecular weight excluding hydrogens is 850 g/mol. The molecule has 8 rings (SSSR count). The number of alkyl carbamates (subject to hydrolysis) is 1. The standard InChI is InChI=1S/C47H60FN3O14/c1-24-29(60-41(56)35(54)34(33-28(48)15-12-18-49-33)50-42(57)65-43(3,4)5)19-47(58)39(63-40(55)26-13-10-9-11-14-26)37-45(8,17-16-30-46(37,23-59-30)64-25(2)52)38-36(32(24)44(47,6)7)61-31(62-38)22-51-20-27(53)21-51/h9-15,18,27,29-31,34-39,53-54,58H,16-17,19-23H2,1-8H3,(H,50,57)/t29-,30+,31+,34-,35+,36+,37-,38+,39-,45+,46-,47+/m0/s1. The van der Waals surface area contributed by atoms with Gasteiger partial charge < -0.3 is 53.8 Å². The topological polar surface area (TPSA) is 222 Å². The van der Waals surface area contributed by atoms with Crippen LogP contribution in [-0.4, -0.2) is 141 Å². The van der Waals surface area contributed by atoms with E-state index in [-0.39, 0.29) is 18.7 Å². The van der Waals surface area contributed by atoms with E-state index in [9.17, 15) is 34.5 Å². The van der Waals surface area contributed by atoms with Gasteiger partial charge in [0.2, 0.25) is 0 Å². The van der Waals surface area contributed by atoms with E-state index in [0.717, 1.165) is 6.07 Å². The molecule has 2 bridgehead atoms. The maximum Gasteiger partial charge on any atom is 0.408 e. The van der Waals surface area contributed by atoms with Crippen LogP contribution in [0.1, 0.15) is 96.7 Å². The van der Waals surface area contributed by atoms with E-state index in [1.807, 2.05) is 11.8 Å². The number of esters is 3. The minimum Gasteiger partial charge on any atom is -0.456 e. The van der Waals surface area contributed by atoms with Gasteiger partial charge in [-0.1, -0.05) is 39.0 Å². The number of rotatable bonds is 10. The fourth-order valence-electron chi connectivity index (χ4n) is 11.4. The summed E-state index contributed by atoms with van der Waals surface area (Å²) in [6.07, 6.45) is -8.28. The van der Waals surface area contributed by atoms with E-state index in [0.29, 0.717) is 37.1 Å². The molecule has 4 heterocycles. The van der Waals surface area contributed by atoms with Gasteiger partial charge in [0.15, 0.2) is 18.0 Å². The first-order valence-electron chi connectivity index (χ1n) is 22.2. The van der Waals surface area contributed by atoms with Crippen LogP contribution in [0.4, 0.5) is 9.18 Å². The molecule has 5 fully saturated rings. The second kappa shape index (κ2) is 16.9. The van der Waals surface area contributed by atoms with E-state index in [4.69, 9.17) is 33.2 Å². The predicted molar refractivity (Wildman–Crippen MR) is 225 cm³/mol. The summed E-state index contributed by atoms with van der Waals surface area (Å²) in [7, 11) is 0. The first kappa shape index (κ1) is 47.0. The van der Waals surface area contributed by atoms with Crippen molar-refractivity contribution >= 4 is 24.0 Å². The highest BCUT2D eigenvalue weighted by molar-refractivity contribution is 5.89. The monoisotopic (exact) mass is 909 g/mol. The molecule has 0 radical (unpaired) electrons. The molecule has 17 nitrogen and oxygen atoms in total. The molecular formula is C47H60FN3O14. The van der Waals surface area contributed by atoms with E-state index in [2.05, 4.69) is 10.3 Å². The number of aromatic nitrogens is 1. The van der Waals surface area contributed by atoms with Crippen LogP contribution in [0.2, 0.25) is 0 Å². The number of carbonyl (C=O) groups is 4. The van der Waals surface area contributed by atoms with Gasteiger partial charge in [-0.25, -0.2) is 18.8 Å². The number of pyridine rings is 1. The Bertz CT molecular complexity index is 2210. The number of benzene rings is 1. The number of nitrogens with one attached hydrogen (secondary N) is 1. The average molecular weight is 910 g/mol. The molecule has 18 heteroatoms. The van der Waals surface area contributed by atoms with Gasteiger partial charge in [0, 0.05) is 50.0 Å². The van der Waals surface area contributed by atoms with Gasteiger partial charge in [0.25, 0.3) is 0 Å². The Hall–Kier alpha value is -4.56. The fraction of sp³-hybridized carbons (Fsp3) is 0.638. The number of hydrogen-bond acceptors (Lipinski definition) is 16. The Labute approximate surface area is 376 Å². The number of hydrogen-bond donors (Lipinski definition) is 4. The lowest BCUT2D eigenvalue weighted by atomic mass is 9.45. The number of aliphatic hydroxyl groups excluding tert-OH is 2. The fourth-order valence-corrected chi connectivity index (χ4v) is 11.4. The lowest BCUT2D eigenvalue weighted by molar-refractivity contribution is -0.345. The highest BCUT2D eigenvalue weighted by Gasteiger charge is 2.77. The van der Waals surface area contributed by atoms with Crippen LogP contribution >= 0.6 is 0 Å². The first-order valence-corrected chi connectivity index (χ1v) is 22.2. The highest BCUT2D eigenvalue weighted by Crippen LogP contribution is 2.66. The molecule has 2 aromatic rings. The normalized spacial score (nSPS) is 35.0. The molecule has 354 valence electrons. The van der Waals surface area contributed by atoms with Crippen molar-refractivity contribution in [1.82, 2.24) is 15.2 Å². The van der Waals surface area contributed by atoms with E-state index in [1.54, 1.807) is 71.9 Å². The smallest absolute Gasteiger partial charge is 0.408 e. The molecule has 2 saturated carbocycles. The Morgan fingerprint density at radius 3 is 2.37 bits per heavy atom. The Morgan fingerprint density at radius 1 is 1.05 bits per heavy atom. The van der Waals surface area contributed by atoms with E-state index in [1.165, 1.54) is 19.2 Å². The van der Waals surface area contributed by atoms with Gasteiger partial charge in [0.1, 0.15) is 53.2 Å². The molecule has 0 spiro atoms. The van der Waals surface area contributed by atoms with Crippen LogP contribution in [0.5, 0.6) is 0 Å². The zero-order valence-electron chi connectivity index (χ0n) is 37.9. The molecule has 3 aliphatic heterocycles. The number of amides is 1. The van der Waals surface area contributed by atoms with Crippen LogP contribution in [0.25, 0.3) is 0 Å². The maximum absolute atomic E-state index is 15.4. The zero-order chi connectivity index (χ0) is 47.0. The molecule has 3 aliphatic carbocycles. The lowest BCUT2D eigenvalue weighted by Gasteiger charge is -2.68. The summed E-state index contributed by atoms with van der Waals surface area (Å²) >= 11 is 0. The van der Waals surface area contributed by atoms with Crippen molar-refractivity contribution in [3.63, 3.8) is 0 Å². The first-order chi connectivity index (χ1) is 30.5. The van der Waals surface area contributed by atoms with Gasteiger partial charge in [-0.2, -0.15) is 0 Å². The molecule has 65 heavy (non-hydrogen) atoms. The van der Waals surface area contributed by atoms with Gasteiger partial charge in [-0.3, -0.25) is 14.7 Å². The van der Waals surface area contributed by atoms with E-state index >= 15 is 4.39 Å². The molecule has 0 unspecified atom stereocenters. The third-order valence-corrected chi connectivity index (χ3v) is 14.5. The van der Waals surface area contributed by atoms with Crippen molar-refractivity contribution in [3.8, 4) is 0 Å². The largest absolute Gasteiger partial charge is 0.456 e. The molecule has 3 saturated heterocycles. The van der Waals surface area contributed by atoms with Crippen LogP contribution < -0.4 is 5.32 Å². The molecule has 6 aliphatic rings. The lowest BCUT2D eigenvalue weighted by Crippen LogP contribution is -2.79. The number of halogens is 1. The van der Waals surface area contributed by atoms with Crippen LogP contribution in [0.15, 0.2) is 59.8 Å². The minimum atomic E-state index is -2.26.